The van der Waals surface area contributed by atoms with Crippen LogP contribution in [0.15, 0.2) is 89.9 Å². The Balaban J connectivity index is 1.84. The van der Waals surface area contributed by atoms with Crippen LogP contribution in [0.4, 0.5) is 0 Å². The number of methoxy groups -OCH3 is 1. The van der Waals surface area contributed by atoms with Gasteiger partial charge in [0.25, 0.3) is 5.95 Å². The fraction of sp³-hybridized carbons (Fsp3) is 0.280. The summed E-state index contributed by atoms with van der Waals surface area (Å²) in [6.07, 6.45) is 8.92. The lowest BCUT2D eigenvalue weighted by molar-refractivity contribution is 0.203. The molecule has 0 heterocycles. The minimum atomic E-state index is -0.0514. The Kier molecular flexibility index (Phi) is 6.25. The van der Waals surface area contributed by atoms with Gasteiger partial charge in [0.1, 0.15) is 11.5 Å². The fourth-order valence-corrected chi connectivity index (χ4v) is 3.87. The summed E-state index contributed by atoms with van der Waals surface area (Å²) in [4.78, 5) is 0. The van der Waals surface area contributed by atoms with Crippen molar-refractivity contribution < 1.29 is 14.6 Å². The lowest BCUT2D eigenvalue weighted by Crippen LogP contribution is -2.27. The largest absolute Gasteiger partial charge is 0.497 e. The van der Waals surface area contributed by atoms with Crippen molar-refractivity contribution in [1.82, 2.24) is 0 Å². The molecule has 0 saturated carbocycles. The summed E-state index contributed by atoms with van der Waals surface area (Å²) in [5, 5.41) is 10.4. The molecule has 0 aromatic heterocycles. The number of hydrogen-bond donors (Lipinski definition) is 1. The molecule has 0 amide bonds. The van der Waals surface area contributed by atoms with Gasteiger partial charge in [-0.05, 0) is 54.7 Å². The van der Waals surface area contributed by atoms with Gasteiger partial charge in [0.05, 0.1) is 7.11 Å². The van der Waals surface area contributed by atoms with Crippen molar-refractivity contribution in [1.29, 1.82) is 0 Å². The van der Waals surface area contributed by atoms with Gasteiger partial charge in [-0.25, -0.2) is 0 Å². The van der Waals surface area contributed by atoms with E-state index in [0.717, 1.165) is 24.2 Å². The number of benzene rings is 2. The standard InChI is InChI=1S/C25H28O3/c1-4-25(5-2,21-15-17-22(27-3)18-16-21)20-13-11-19(12-14-20)24(26)28-23-9-7-6-8-10-23/h6-11,13-18,26H,4-5,12H2,1-3H3. The lowest BCUT2D eigenvalue weighted by atomic mass is 9.68. The SMILES string of the molecule is CCC(CC)(C1=CCC(=C(O)Oc2ccccc2)C=C1)c1ccc(OC)cc1. The molecule has 0 fully saturated rings. The normalized spacial score (nSPS) is 15.8. The summed E-state index contributed by atoms with van der Waals surface area (Å²) >= 11 is 0. The van der Waals surface area contributed by atoms with Crippen LogP contribution in [-0.2, 0) is 5.41 Å². The third kappa shape index (κ3) is 3.99. The van der Waals surface area contributed by atoms with Crippen LogP contribution in [-0.4, -0.2) is 12.2 Å². The van der Waals surface area contributed by atoms with Crippen LogP contribution in [0.25, 0.3) is 0 Å². The Morgan fingerprint density at radius 1 is 0.929 bits per heavy atom. The monoisotopic (exact) mass is 376 g/mol. The number of rotatable bonds is 7. The molecule has 0 spiro atoms. The number of para-hydroxylation sites is 1. The third-order valence-corrected chi connectivity index (χ3v) is 5.64. The van der Waals surface area contributed by atoms with Crippen molar-refractivity contribution in [2.75, 3.05) is 7.11 Å². The van der Waals surface area contributed by atoms with Gasteiger partial charge in [0, 0.05) is 11.0 Å². The summed E-state index contributed by atoms with van der Waals surface area (Å²) < 4.78 is 10.9. The van der Waals surface area contributed by atoms with Gasteiger partial charge in [-0.15, -0.1) is 0 Å². The Morgan fingerprint density at radius 2 is 1.61 bits per heavy atom. The van der Waals surface area contributed by atoms with Gasteiger partial charge in [-0.2, -0.15) is 0 Å². The average Bonchev–Trinajstić information content (AvgIpc) is 2.76. The predicted octanol–water partition coefficient (Wildman–Crippen LogP) is 6.49. The molecule has 0 saturated heterocycles. The van der Waals surface area contributed by atoms with Crippen molar-refractivity contribution in [2.24, 2.45) is 0 Å². The molecule has 146 valence electrons. The van der Waals surface area contributed by atoms with E-state index in [-0.39, 0.29) is 11.4 Å². The number of ether oxygens (including phenoxy) is 2. The molecule has 3 heteroatoms. The molecule has 3 nitrogen and oxygen atoms in total. The van der Waals surface area contributed by atoms with Crippen molar-refractivity contribution in [2.45, 2.75) is 38.5 Å². The molecule has 3 rings (SSSR count). The Hall–Kier alpha value is -2.94. The van der Waals surface area contributed by atoms with Gasteiger partial charge in [0.2, 0.25) is 0 Å². The van der Waals surface area contributed by atoms with Crippen LogP contribution < -0.4 is 9.47 Å². The highest BCUT2D eigenvalue weighted by Gasteiger charge is 2.32. The lowest BCUT2D eigenvalue weighted by Gasteiger charge is -2.35. The van der Waals surface area contributed by atoms with Crippen LogP contribution in [0, 0.1) is 0 Å². The molecule has 28 heavy (non-hydrogen) atoms. The maximum Gasteiger partial charge on any atom is 0.285 e. The molecule has 1 aliphatic carbocycles. The highest BCUT2D eigenvalue weighted by molar-refractivity contribution is 5.48. The maximum atomic E-state index is 10.4. The van der Waals surface area contributed by atoms with Crippen LogP contribution >= 0.6 is 0 Å². The van der Waals surface area contributed by atoms with E-state index in [2.05, 4.69) is 38.1 Å². The van der Waals surface area contributed by atoms with Gasteiger partial charge < -0.3 is 14.6 Å². The van der Waals surface area contributed by atoms with Crippen molar-refractivity contribution in [3.63, 3.8) is 0 Å². The second-order valence-electron chi connectivity index (χ2n) is 6.96. The van der Waals surface area contributed by atoms with Crippen LogP contribution in [0.3, 0.4) is 0 Å². The maximum absolute atomic E-state index is 10.4. The summed E-state index contributed by atoms with van der Waals surface area (Å²) in [7, 11) is 1.69. The molecule has 1 aliphatic rings. The summed E-state index contributed by atoms with van der Waals surface area (Å²) in [6.45, 7) is 4.45. The van der Waals surface area contributed by atoms with Gasteiger partial charge in [0.15, 0.2) is 0 Å². The minimum Gasteiger partial charge on any atom is -0.497 e. The van der Waals surface area contributed by atoms with E-state index in [9.17, 15) is 5.11 Å². The zero-order valence-corrected chi connectivity index (χ0v) is 16.8. The van der Waals surface area contributed by atoms with E-state index in [1.807, 2.05) is 48.5 Å². The molecule has 0 radical (unpaired) electrons. The topological polar surface area (TPSA) is 38.7 Å². The first-order chi connectivity index (χ1) is 13.6. The van der Waals surface area contributed by atoms with Crippen molar-refractivity contribution >= 4 is 0 Å². The summed E-state index contributed by atoms with van der Waals surface area (Å²) in [5.41, 5.74) is 3.29. The minimum absolute atomic E-state index is 0.0409. The van der Waals surface area contributed by atoms with Gasteiger partial charge in [-0.1, -0.05) is 62.4 Å². The molecule has 0 aliphatic heterocycles. The molecule has 0 atom stereocenters. The van der Waals surface area contributed by atoms with Crippen LogP contribution in [0.5, 0.6) is 11.5 Å². The first-order valence-corrected chi connectivity index (χ1v) is 9.81. The van der Waals surface area contributed by atoms with E-state index in [0.29, 0.717) is 12.2 Å². The van der Waals surface area contributed by atoms with Crippen molar-refractivity contribution in [3.05, 3.63) is 95.5 Å². The van der Waals surface area contributed by atoms with Gasteiger partial charge in [-0.3, -0.25) is 0 Å². The number of allylic oxidation sites excluding steroid dienone is 5. The van der Waals surface area contributed by atoms with E-state index < -0.39 is 0 Å². The fourth-order valence-electron chi connectivity index (χ4n) is 3.87. The molecular formula is C25H28O3. The molecule has 1 N–H and O–H groups in total. The first kappa shape index (κ1) is 19.8. The second-order valence-corrected chi connectivity index (χ2v) is 6.96. The average molecular weight is 376 g/mol. The third-order valence-electron chi connectivity index (χ3n) is 5.64. The smallest absolute Gasteiger partial charge is 0.285 e. The summed E-state index contributed by atoms with van der Waals surface area (Å²) in [6, 6.07) is 17.7. The second kappa shape index (κ2) is 8.83. The quantitative estimate of drug-likeness (QED) is 0.561. The number of hydrogen-bond acceptors (Lipinski definition) is 3. The molecule has 0 bridgehead atoms. The molecule has 2 aromatic carbocycles. The predicted molar refractivity (Wildman–Crippen MR) is 114 cm³/mol. The first-order valence-electron chi connectivity index (χ1n) is 9.81. The Labute approximate surface area is 167 Å². The van der Waals surface area contributed by atoms with Crippen molar-refractivity contribution in [3.8, 4) is 11.5 Å². The highest BCUT2D eigenvalue weighted by atomic mass is 16.6. The van der Waals surface area contributed by atoms with E-state index in [4.69, 9.17) is 9.47 Å². The molecular weight excluding hydrogens is 348 g/mol. The number of aliphatic hydroxyl groups is 1. The highest BCUT2D eigenvalue weighted by Crippen LogP contribution is 2.42. The van der Waals surface area contributed by atoms with Crippen LogP contribution in [0.2, 0.25) is 0 Å². The van der Waals surface area contributed by atoms with Crippen LogP contribution in [0.1, 0.15) is 38.7 Å². The molecule has 2 aromatic rings. The zero-order chi connectivity index (χ0) is 20.0. The summed E-state index contributed by atoms with van der Waals surface area (Å²) in [5.74, 6) is 1.46. The molecule has 0 unspecified atom stereocenters. The van der Waals surface area contributed by atoms with Gasteiger partial charge >= 0.3 is 0 Å². The Morgan fingerprint density at radius 3 is 2.14 bits per heavy atom. The zero-order valence-electron chi connectivity index (χ0n) is 16.8. The van der Waals surface area contributed by atoms with E-state index in [1.165, 1.54) is 11.1 Å². The number of aliphatic hydroxyl groups excluding tert-OH is 1. The Bertz CT molecular complexity index is 870. The van der Waals surface area contributed by atoms with E-state index in [1.54, 1.807) is 7.11 Å². The van der Waals surface area contributed by atoms with E-state index >= 15 is 0 Å².